The number of hydrogen-bond donors (Lipinski definition) is 0. The molecule has 1 aliphatic heterocycles. The molecule has 182 valence electrons. The van der Waals surface area contributed by atoms with Crippen LogP contribution in [0.15, 0.2) is 46.2 Å². The van der Waals surface area contributed by atoms with Crippen LogP contribution >= 0.6 is 0 Å². The molecule has 0 radical (unpaired) electrons. The molecule has 10 nitrogen and oxygen atoms in total. The molecular formula is C21H28N2O8S2. The number of sulfonamides is 2. The molecule has 0 bridgehead atoms. The zero-order chi connectivity index (χ0) is 24.4. The summed E-state index contributed by atoms with van der Waals surface area (Å²) in [5.41, 5.74) is 0. The second kappa shape index (κ2) is 9.75. The largest absolute Gasteiger partial charge is 0.497 e. The first-order chi connectivity index (χ1) is 15.6. The third kappa shape index (κ3) is 4.74. The van der Waals surface area contributed by atoms with Crippen molar-refractivity contribution in [2.45, 2.75) is 22.8 Å². The van der Waals surface area contributed by atoms with E-state index >= 15 is 0 Å². The van der Waals surface area contributed by atoms with Crippen molar-refractivity contribution in [3.05, 3.63) is 36.4 Å². The Balaban J connectivity index is 1.91. The van der Waals surface area contributed by atoms with E-state index in [9.17, 15) is 16.8 Å². The topological polar surface area (TPSA) is 112 Å². The van der Waals surface area contributed by atoms with E-state index < -0.39 is 26.1 Å². The first kappa shape index (κ1) is 25.1. The fourth-order valence-corrected chi connectivity index (χ4v) is 7.19. The number of ether oxygens (including phenoxy) is 4. The van der Waals surface area contributed by atoms with Gasteiger partial charge in [0.25, 0.3) is 0 Å². The lowest BCUT2D eigenvalue weighted by Gasteiger charge is -2.38. The van der Waals surface area contributed by atoms with Crippen LogP contribution in [0, 0.1) is 0 Å². The molecule has 0 aromatic heterocycles. The molecule has 0 amide bonds. The van der Waals surface area contributed by atoms with E-state index in [0.29, 0.717) is 11.5 Å². The van der Waals surface area contributed by atoms with E-state index in [1.807, 2.05) is 0 Å². The molecule has 2 aromatic rings. The normalized spacial score (nSPS) is 18.0. The van der Waals surface area contributed by atoms with Gasteiger partial charge in [-0.05, 0) is 31.2 Å². The highest BCUT2D eigenvalue weighted by atomic mass is 32.2. The van der Waals surface area contributed by atoms with E-state index in [1.54, 1.807) is 19.1 Å². The lowest BCUT2D eigenvalue weighted by atomic mass is 10.3. The van der Waals surface area contributed by atoms with Gasteiger partial charge in [0.1, 0.15) is 32.8 Å². The smallest absolute Gasteiger partial charge is 0.247 e. The van der Waals surface area contributed by atoms with E-state index in [1.165, 1.54) is 61.3 Å². The molecule has 1 heterocycles. The summed E-state index contributed by atoms with van der Waals surface area (Å²) in [7, 11) is -2.29. The van der Waals surface area contributed by atoms with E-state index in [-0.39, 0.29) is 40.9 Å². The fraction of sp³-hybridized carbons (Fsp3) is 0.429. The van der Waals surface area contributed by atoms with Crippen molar-refractivity contribution in [2.24, 2.45) is 0 Å². The molecule has 0 spiro atoms. The third-order valence-electron chi connectivity index (χ3n) is 5.48. The molecule has 0 N–H and O–H groups in total. The second-order valence-electron chi connectivity index (χ2n) is 7.36. The lowest BCUT2D eigenvalue weighted by Crippen LogP contribution is -2.55. The van der Waals surface area contributed by atoms with E-state index in [0.717, 1.165) is 0 Å². The summed E-state index contributed by atoms with van der Waals surface area (Å²) in [4.78, 5) is -0.0794. The van der Waals surface area contributed by atoms with Gasteiger partial charge in [0.05, 0.1) is 28.4 Å². The minimum absolute atomic E-state index is 0.0292. The summed E-state index contributed by atoms with van der Waals surface area (Å²) in [6.07, 6.45) is 0. The van der Waals surface area contributed by atoms with Crippen LogP contribution in [0.25, 0.3) is 0 Å². The van der Waals surface area contributed by atoms with Gasteiger partial charge in [-0.15, -0.1) is 0 Å². The van der Waals surface area contributed by atoms with Crippen LogP contribution in [-0.4, -0.2) is 79.6 Å². The number of piperazine rings is 1. The maximum Gasteiger partial charge on any atom is 0.247 e. The maximum atomic E-state index is 13.4. The fourth-order valence-electron chi connectivity index (χ4n) is 3.72. The van der Waals surface area contributed by atoms with Crippen LogP contribution in [-0.2, 0) is 20.0 Å². The number of hydrogen-bond acceptors (Lipinski definition) is 8. The number of methoxy groups -OCH3 is 4. The van der Waals surface area contributed by atoms with Gasteiger partial charge in [-0.1, -0.05) is 0 Å². The van der Waals surface area contributed by atoms with Crippen molar-refractivity contribution < 1.29 is 35.8 Å². The Kier molecular flexibility index (Phi) is 7.42. The van der Waals surface area contributed by atoms with Gasteiger partial charge in [0.15, 0.2) is 0 Å². The molecule has 0 unspecified atom stereocenters. The standard InChI is InChI=1S/C21H28N2O8S2/c1-15-14-22(32(24,25)20-12-16(28-2)6-8-18(20)30-4)10-11-23(15)33(26,27)21-13-17(29-3)7-9-19(21)31-5/h6-9,12-13,15H,10-11,14H2,1-5H3/t15-/m1/s1. The predicted molar refractivity (Wildman–Crippen MR) is 121 cm³/mol. The highest BCUT2D eigenvalue weighted by Gasteiger charge is 2.40. The number of benzene rings is 2. The summed E-state index contributed by atoms with van der Waals surface area (Å²) < 4.78 is 77.0. The number of rotatable bonds is 8. The molecule has 12 heteroatoms. The van der Waals surface area contributed by atoms with Crippen molar-refractivity contribution in [1.82, 2.24) is 8.61 Å². The molecule has 1 atom stereocenters. The maximum absolute atomic E-state index is 13.4. The summed E-state index contributed by atoms with van der Waals surface area (Å²) >= 11 is 0. The second-order valence-corrected chi connectivity index (χ2v) is 11.1. The number of nitrogens with zero attached hydrogens (tertiary/aromatic N) is 2. The van der Waals surface area contributed by atoms with Crippen LogP contribution in [0.1, 0.15) is 6.92 Å². The summed E-state index contributed by atoms with van der Waals surface area (Å²) in [5, 5.41) is 0. The van der Waals surface area contributed by atoms with Crippen molar-refractivity contribution >= 4 is 20.0 Å². The summed E-state index contributed by atoms with van der Waals surface area (Å²) in [5.74, 6) is 1.10. The van der Waals surface area contributed by atoms with Crippen molar-refractivity contribution in [2.75, 3.05) is 48.1 Å². The van der Waals surface area contributed by atoms with Crippen LogP contribution in [0.5, 0.6) is 23.0 Å². The van der Waals surface area contributed by atoms with Crippen LogP contribution in [0.4, 0.5) is 0 Å². The van der Waals surface area contributed by atoms with Crippen molar-refractivity contribution in [3.8, 4) is 23.0 Å². The third-order valence-corrected chi connectivity index (χ3v) is 9.40. The molecule has 0 aliphatic carbocycles. The van der Waals surface area contributed by atoms with Gasteiger partial charge in [0, 0.05) is 37.8 Å². The first-order valence-corrected chi connectivity index (χ1v) is 12.9. The molecule has 1 saturated heterocycles. The van der Waals surface area contributed by atoms with Gasteiger partial charge in [-0.3, -0.25) is 0 Å². The molecular weight excluding hydrogens is 472 g/mol. The first-order valence-electron chi connectivity index (χ1n) is 10.1. The molecule has 1 aliphatic rings. The highest BCUT2D eigenvalue weighted by Crippen LogP contribution is 2.35. The summed E-state index contributed by atoms with van der Waals surface area (Å²) in [6.45, 7) is 1.57. The van der Waals surface area contributed by atoms with E-state index in [4.69, 9.17) is 18.9 Å². The summed E-state index contributed by atoms with van der Waals surface area (Å²) in [6, 6.07) is 8.40. The van der Waals surface area contributed by atoms with Crippen LogP contribution in [0.2, 0.25) is 0 Å². The average molecular weight is 501 g/mol. The Hall–Kier alpha value is -2.54. The van der Waals surface area contributed by atoms with Gasteiger partial charge < -0.3 is 18.9 Å². The Morgan fingerprint density at radius 2 is 1.21 bits per heavy atom. The Morgan fingerprint density at radius 3 is 1.64 bits per heavy atom. The monoisotopic (exact) mass is 500 g/mol. The Morgan fingerprint density at radius 1 is 0.727 bits per heavy atom. The predicted octanol–water partition coefficient (Wildman–Crippen LogP) is 1.80. The van der Waals surface area contributed by atoms with Crippen LogP contribution < -0.4 is 18.9 Å². The van der Waals surface area contributed by atoms with Crippen molar-refractivity contribution in [3.63, 3.8) is 0 Å². The van der Waals surface area contributed by atoms with Gasteiger partial charge in [-0.2, -0.15) is 8.61 Å². The SMILES string of the molecule is COc1ccc(OC)c(S(=O)(=O)N2CCN(S(=O)(=O)c3cc(OC)ccc3OC)[C@H](C)C2)c1. The highest BCUT2D eigenvalue weighted by molar-refractivity contribution is 7.89. The van der Waals surface area contributed by atoms with Gasteiger partial charge in [0.2, 0.25) is 20.0 Å². The van der Waals surface area contributed by atoms with Crippen molar-refractivity contribution in [1.29, 1.82) is 0 Å². The minimum Gasteiger partial charge on any atom is -0.497 e. The molecule has 0 saturated carbocycles. The van der Waals surface area contributed by atoms with Crippen LogP contribution in [0.3, 0.4) is 0 Å². The zero-order valence-corrected chi connectivity index (χ0v) is 20.8. The van der Waals surface area contributed by atoms with Gasteiger partial charge in [-0.25, -0.2) is 16.8 Å². The Bertz CT molecular complexity index is 1210. The average Bonchev–Trinajstić information content (AvgIpc) is 2.82. The van der Waals surface area contributed by atoms with Gasteiger partial charge >= 0.3 is 0 Å². The molecule has 33 heavy (non-hydrogen) atoms. The lowest BCUT2D eigenvalue weighted by molar-refractivity contribution is 0.211. The molecule has 2 aromatic carbocycles. The Labute approximate surface area is 194 Å². The zero-order valence-electron chi connectivity index (χ0n) is 19.1. The quantitative estimate of drug-likeness (QED) is 0.540. The molecule has 1 fully saturated rings. The molecule has 3 rings (SSSR count). The van der Waals surface area contributed by atoms with E-state index in [2.05, 4.69) is 0 Å². The minimum atomic E-state index is -3.98.